The fourth-order valence-corrected chi connectivity index (χ4v) is 4.43. The summed E-state index contributed by atoms with van der Waals surface area (Å²) in [5.41, 5.74) is 9.15. The number of nitrogens with one attached hydrogen (secondary N) is 5. The van der Waals surface area contributed by atoms with Gasteiger partial charge in [-0.1, -0.05) is 0 Å². The van der Waals surface area contributed by atoms with Crippen LogP contribution in [0.25, 0.3) is 0 Å². The Kier molecular flexibility index (Phi) is 5.18. The van der Waals surface area contributed by atoms with Crippen molar-refractivity contribution in [2.24, 2.45) is 11.7 Å². The maximum atomic E-state index is 13.6. The van der Waals surface area contributed by atoms with Gasteiger partial charge in [0.2, 0.25) is 5.91 Å². The quantitative estimate of drug-likeness (QED) is 0.318. The third-order valence-electron chi connectivity index (χ3n) is 5.70. The number of piperidine rings is 1. The average molecular weight is 356 g/mol. The number of hydrogen-bond donors (Lipinski definition) is 6. The first-order chi connectivity index (χ1) is 12.1. The van der Waals surface area contributed by atoms with Crippen molar-refractivity contribution in [3.05, 3.63) is 0 Å². The highest BCUT2D eigenvalue weighted by Gasteiger charge is 2.47. The van der Waals surface area contributed by atoms with Crippen LogP contribution >= 0.6 is 0 Å². The van der Waals surface area contributed by atoms with Gasteiger partial charge in [0, 0.05) is 32.2 Å². The Balaban J connectivity index is 1.39. The van der Waals surface area contributed by atoms with Crippen molar-refractivity contribution < 1.29 is 9.18 Å². The number of amides is 1. The molecule has 0 saturated carbocycles. The summed E-state index contributed by atoms with van der Waals surface area (Å²) in [5.74, 6) is -0.529. The number of halogens is 1. The number of alkyl halides is 1. The summed E-state index contributed by atoms with van der Waals surface area (Å²) >= 11 is 0. The molecule has 9 nitrogen and oxygen atoms in total. The average Bonchev–Trinajstić information content (AvgIpc) is 3.18. The molecule has 0 aromatic carbocycles. The lowest BCUT2D eigenvalue weighted by molar-refractivity contribution is -0.128. The zero-order valence-electron chi connectivity index (χ0n) is 14.4. The maximum Gasteiger partial charge on any atom is 0.230 e. The van der Waals surface area contributed by atoms with Crippen LogP contribution in [-0.4, -0.2) is 85.9 Å². The molecule has 7 N–H and O–H groups in total. The van der Waals surface area contributed by atoms with E-state index in [4.69, 9.17) is 5.73 Å². The van der Waals surface area contributed by atoms with E-state index in [1.165, 1.54) is 0 Å². The second kappa shape index (κ2) is 7.39. The molecule has 4 aliphatic heterocycles. The molecule has 142 valence electrons. The van der Waals surface area contributed by atoms with Crippen molar-refractivity contribution in [3.8, 4) is 0 Å². The summed E-state index contributed by atoms with van der Waals surface area (Å²) in [6.45, 7) is 4.03. The predicted molar refractivity (Wildman–Crippen MR) is 90.5 cm³/mol. The Labute approximate surface area is 147 Å². The van der Waals surface area contributed by atoms with Crippen LogP contribution in [0.5, 0.6) is 0 Å². The Morgan fingerprint density at radius 3 is 2.92 bits per heavy atom. The molecular weight excluding hydrogens is 327 g/mol. The molecule has 0 aromatic heterocycles. The molecular formula is C15H29FN8O. The van der Waals surface area contributed by atoms with E-state index in [1.54, 1.807) is 5.01 Å². The van der Waals surface area contributed by atoms with Gasteiger partial charge in [0.25, 0.3) is 0 Å². The molecule has 4 rings (SSSR count). The van der Waals surface area contributed by atoms with Gasteiger partial charge < -0.3 is 21.7 Å². The Hall–Kier alpha value is -0.880. The van der Waals surface area contributed by atoms with Gasteiger partial charge in [0.1, 0.15) is 6.17 Å². The Bertz CT molecular complexity index is 490. The molecule has 6 atom stereocenters. The molecule has 10 heteroatoms. The fourth-order valence-electron chi connectivity index (χ4n) is 4.43. The van der Waals surface area contributed by atoms with Crippen LogP contribution in [0.15, 0.2) is 0 Å². The highest BCUT2D eigenvalue weighted by molar-refractivity contribution is 5.80. The zero-order valence-corrected chi connectivity index (χ0v) is 14.4. The third-order valence-corrected chi connectivity index (χ3v) is 5.70. The molecule has 0 aromatic rings. The maximum absolute atomic E-state index is 13.6. The number of fused-ring (bicyclic) bond motifs is 1. The van der Waals surface area contributed by atoms with Gasteiger partial charge in [-0.3, -0.25) is 15.0 Å². The Morgan fingerprint density at radius 1 is 1.24 bits per heavy atom. The first-order valence-electron chi connectivity index (χ1n) is 9.27. The number of hydrazine groups is 1. The molecule has 4 fully saturated rings. The van der Waals surface area contributed by atoms with E-state index in [-0.39, 0.29) is 31.3 Å². The lowest BCUT2D eigenvalue weighted by Gasteiger charge is -2.36. The van der Waals surface area contributed by atoms with E-state index in [2.05, 4.69) is 31.6 Å². The van der Waals surface area contributed by atoms with E-state index in [9.17, 15) is 9.18 Å². The van der Waals surface area contributed by atoms with E-state index in [0.29, 0.717) is 6.04 Å². The van der Waals surface area contributed by atoms with Crippen molar-refractivity contribution in [1.29, 1.82) is 0 Å². The molecule has 0 spiro atoms. The zero-order chi connectivity index (χ0) is 17.4. The molecule has 0 radical (unpaired) electrons. The van der Waals surface area contributed by atoms with Crippen molar-refractivity contribution in [1.82, 2.24) is 36.6 Å². The van der Waals surface area contributed by atoms with Gasteiger partial charge in [0.05, 0.1) is 31.1 Å². The number of nitrogens with two attached hydrogens (primary N) is 1. The highest BCUT2D eigenvalue weighted by atomic mass is 19.1. The molecule has 4 aliphatic rings. The van der Waals surface area contributed by atoms with Gasteiger partial charge in [-0.15, -0.1) is 0 Å². The minimum absolute atomic E-state index is 0.0313. The van der Waals surface area contributed by atoms with Crippen LogP contribution in [0.1, 0.15) is 12.8 Å². The molecule has 0 aliphatic carbocycles. The molecule has 6 unspecified atom stereocenters. The van der Waals surface area contributed by atoms with Crippen LogP contribution < -0.4 is 32.4 Å². The van der Waals surface area contributed by atoms with E-state index in [1.807, 2.05) is 0 Å². The largest absolute Gasteiger partial charge is 0.339 e. The highest BCUT2D eigenvalue weighted by Crippen LogP contribution is 2.23. The summed E-state index contributed by atoms with van der Waals surface area (Å²) in [5, 5.41) is 14.8. The molecule has 0 bridgehead atoms. The van der Waals surface area contributed by atoms with Crippen LogP contribution in [0.4, 0.5) is 4.39 Å². The number of nitrogens with zero attached hydrogens (tertiary/aromatic N) is 2. The first kappa shape index (κ1) is 17.5. The topological polar surface area (TPSA) is 110 Å². The number of rotatable bonds is 3. The lowest BCUT2D eigenvalue weighted by atomic mass is 10.0. The summed E-state index contributed by atoms with van der Waals surface area (Å²) in [6, 6.07) is 0.432. The summed E-state index contributed by atoms with van der Waals surface area (Å²) in [4.78, 5) is 15.2. The van der Waals surface area contributed by atoms with Crippen molar-refractivity contribution in [2.45, 2.75) is 43.6 Å². The molecule has 1 amide bonds. The van der Waals surface area contributed by atoms with Gasteiger partial charge >= 0.3 is 0 Å². The minimum atomic E-state index is -0.953. The lowest BCUT2D eigenvalue weighted by Crippen LogP contribution is -2.60. The van der Waals surface area contributed by atoms with Crippen LogP contribution in [-0.2, 0) is 4.79 Å². The second-order valence-electron chi connectivity index (χ2n) is 7.43. The molecule has 4 saturated heterocycles. The van der Waals surface area contributed by atoms with E-state index >= 15 is 0 Å². The van der Waals surface area contributed by atoms with Gasteiger partial charge in [-0.05, 0) is 19.4 Å². The second-order valence-corrected chi connectivity index (χ2v) is 7.43. The number of hydrogen-bond acceptors (Lipinski definition) is 8. The number of carbonyl (C=O) groups excluding carboxylic acids is 1. The smallest absolute Gasteiger partial charge is 0.230 e. The van der Waals surface area contributed by atoms with Crippen molar-refractivity contribution in [2.75, 3.05) is 39.4 Å². The predicted octanol–water partition coefficient (Wildman–Crippen LogP) is -2.97. The summed E-state index contributed by atoms with van der Waals surface area (Å²) < 4.78 is 13.6. The normalized spacial score (nSPS) is 43.1. The van der Waals surface area contributed by atoms with E-state index in [0.717, 1.165) is 39.1 Å². The van der Waals surface area contributed by atoms with Crippen LogP contribution in [0.2, 0.25) is 0 Å². The standard InChI is InChI=1S/C15H29FN8O/c16-9-4-20-14-12(13(17)22-24(14)7-9)15(25)21-11-6-19-8-23(11)10-2-1-3-18-5-10/h9-14,18-20,22H,1-8,17H2,(H,21,25). The molecule has 25 heavy (non-hydrogen) atoms. The minimum Gasteiger partial charge on any atom is -0.339 e. The van der Waals surface area contributed by atoms with Gasteiger partial charge in [0.15, 0.2) is 0 Å². The van der Waals surface area contributed by atoms with Crippen LogP contribution in [0, 0.1) is 5.92 Å². The SMILES string of the molecule is NC1NN2CC(F)CNC2C1C(=O)NC1CNCN1C1CCCNC1. The van der Waals surface area contributed by atoms with Crippen LogP contribution in [0.3, 0.4) is 0 Å². The summed E-state index contributed by atoms with van der Waals surface area (Å²) in [6.07, 6.45) is 0.539. The monoisotopic (exact) mass is 356 g/mol. The van der Waals surface area contributed by atoms with Crippen molar-refractivity contribution in [3.63, 3.8) is 0 Å². The van der Waals surface area contributed by atoms with Gasteiger partial charge in [-0.25, -0.2) is 14.8 Å². The Morgan fingerprint density at radius 2 is 2.12 bits per heavy atom. The fraction of sp³-hybridized carbons (Fsp3) is 0.933. The summed E-state index contributed by atoms with van der Waals surface area (Å²) in [7, 11) is 0. The van der Waals surface area contributed by atoms with E-state index < -0.39 is 18.3 Å². The first-order valence-corrected chi connectivity index (χ1v) is 9.27. The third kappa shape index (κ3) is 3.52. The van der Waals surface area contributed by atoms with Gasteiger partial charge in [-0.2, -0.15) is 0 Å². The number of carbonyl (C=O) groups is 1. The van der Waals surface area contributed by atoms with Crippen molar-refractivity contribution >= 4 is 5.91 Å². The molecule has 4 heterocycles.